The van der Waals surface area contributed by atoms with E-state index in [0.29, 0.717) is 38.7 Å². The Balaban J connectivity index is 1.56. The zero-order valence-electron chi connectivity index (χ0n) is 20.3. The Labute approximate surface area is 222 Å². The van der Waals surface area contributed by atoms with Gasteiger partial charge in [-0.2, -0.15) is 5.10 Å². The predicted octanol–water partition coefficient (Wildman–Crippen LogP) is 3.88. The molecule has 0 aliphatic rings. The van der Waals surface area contributed by atoms with Crippen LogP contribution in [0.1, 0.15) is 11.1 Å². The summed E-state index contributed by atoms with van der Waals surface area (Å²) in [6.45, 7) is 1.69. The molecule has 3 N–H and O–H groups in total. The number of hydrazone groups is 1. The second-order valence-electron chi connectivity index (χ2n) is 7.62. The van der Waals surface area contributed by atoms with Gasteiger partial charge in [0.15, 0.2) is 18.1 Å². The highest BCUT2D eigenvalue weighted by Crippen LogP contribution is 2.36. The van der Waals surface area contributed by atoms with Crippen molar-refractivity contribution in [2.24, 2.45) is 5.10 Å². The summed E-state index contributed by atoms with van der Waals surface area (Å²) >= 11 is 3.40. The molecule has 3 amide bonds. The van der Waals surface area contributed by atoms with Gasteiger partial charge in [0, 0.05) is 11.4 Å². The van der Waals surface area contributed by atoms with Gasteiger partial charge in [-0.25, -0.2) is 5.43 Å². The first-order valence-electron chi connectivity index (χ1n) is 10.9. The van der Waals surface area contributed by atoms with E-state index >= 15 is 0 Å². The van der Waals surface area contributed by atoms with Crippen LogP contribution >= 0.6 is 15.9 Å². The first-order chi connectivity index (χ1) is 17.8. The molecule has 10 nitrogen and oxygen atoms in total. The van der Waals surface area contributed by atoms with Crippen molar-refractivity contribution >= 4 is 51.2 Å². The van der Waals surface area contributed by atoms with Gasteiger partial charge in [0.1, 0.15) is 5.75 Å². The maximum absolute atomic E-state index is 12.3. The molecule has 0 saturated carbocycles. The number of anilines is 2. The highest BCUT2D eigenvalue weighted by Gasteiger charge is 2.15. The summed E-state index contributed by atoms with van der Waals surface area (Å²) in [5.74, 6) is -0.882. The number of carbonyl (C=O) groups excluding carboxylic acids is 3. The zero-order chi connectivity index (χ0) is 26.8. The molecule has 0 aliphatic heterocycles. The molecule has 3 rings (SSSR count). The van der Waals surface area contributed by atoms with Gasteiger partial charge in [-0.1, -0.05) is 12.1 Å². The number of hydrogen-bond acceptors (Lipinski definition) is 7. The Morgan fingerprint density at radius 3 is 2.35 bits per heavy atom. The Hall–Kier alpha value is -4.38. The molecule has 0 radical (unpaired) electrons. The number of nitrogens with zero attached hydrogens (tertiary/aromatic N) is 1. The number of hydrogen-bond donors (Lipinski definition) is 3. The van der Waals surface area contributed by atoms with Gasteiger partial charge in [-0.3, -0.25) is 14.4 Å². The minimum absolute atomic E-state index is 0.240. The third-order valence-electron chi connectivity index (χ3n) is 4.84. The fourth-order valence-electron chi connectivity index (χ4n) is 3.09. The Bertz CT molecular complexity index is 1310. The molecule has 192 valence electrons. The molecule has 3 aromatic rings. The van der Waals surface area contributed by atoms with E-state index in [2.05, 4.69) is 37.1 Å². The topological polar surface area (TPSA) is 127 Å². The van der Waals surface area contributed by atoms with Gasteiger partial charge in [0.05, 0.1) is 24.9 Å². The van der Waals surface area contributed by atoms with Crippen LogP contribution in [0.5, 0.6) is 17.2 Å². The van der Waals surface area contributed by atoms with E-state index in [1.165, 1.54) is 20.4 Å². The minimum atomic E-state index is -0.947. The third kappa shape index (κ3) is 8.07. The number of halogens is 1. The Morgan fingerprint density at radius 2 is 1.68 bits per heavy atom. The standard InChI is InChI=1S/C26H25BrN4O6/c1-16-5-4-6-19(11-16)29-23(32)15-37-24-21(27)12-17(13-22(24)36-3)14-28-31-26(34)25(33)30-18-7-9-20(35-2)10-8-18/h4-14H,15H2,1-3H3,(H,29,32)(H,30,33)(H,31,34)/b28-14-. The largest absolute Gasteiger partial charge is 0.497 e. The lowest BCUT2D eigenvalue weighted by Crippen LogP contribution is -2.32. The van der Waals surface area contributed by atoms with Gasteiger partial charge in [-0.05, 0) is 82.5 Å². The van der Waals surface area contributed by atoms with Gasteiger partial charge in [0.2, 0.25) is 0 Å². The number of methoxy groups -OCH3 is 2. The summed E-state index contributed by atoms with van der Waals surface area (Å²) in [7, 11) is 2.98. The maximum Gasteiger partial charge on any atom is 0.329 e. The van der Waals surface area contributed by atoms with Gasteiger partial charge >= 0.3 is 11.8 Å². The molecule has 0 unspecified atom stereocenters. The minimum Gasteiger partial charge on any atom is -0.497 e. The quantitative estimate of drug-likeness (QED) is 0.204. The van der Waals surface area contributed by atoms with Gasteiger partial charge in [-0.15, -0.1) is 0 Å². The van der Waals surface area contributed by atoms with Crippen LogP contribution in [0.3, 0.4) is 0 Å². The molecule has 0 aliphatic carbocycles. The number of aryl methyl sites for hydroxylation is 1. The number of carbonyl (C=O) groups is 3. The van der Waals surface area contributed by atoms with Crippen molar-refractivity contribution in [3.05, 3.63) is 76.3 Å². The second kappa shape index (κ2) is 13.1. The molecule has 37 heavy (non-hydrogen) atoms. The van der Waals surface area contributed by atoms with Crippen LogP contribution in [0.2, 0.25) is 0 Å². The van der Waals surface area contributed by atoms with Crippen molar-refractivity contribution in [2.45, 2.75) is 6.92 Å². The van der Waals surface area contributed by atoms with E-state index < -0.39 is 11.8 Å². The monoisotopic (exact) mass is 568 g/mol. The van der Waals surface area contributed by atoms with Crippen molar-refractivity contribution in [1.29, 1.82) is 0 Å². The van der Waals surface area contributed by atoms with E-state index in [0.717, 1.165) is 5.56 Å². The van der Waals surface area contributed by atoms with Crippen molar-refractivity contribution in [3.8, 4) is 17.2 Å². The molecule has 11 heteroatoms. The number of rotatable bonds is 9. The SMILES string of the molecule is COc1ccc(NC(=O)C(=O)N/N=C\c2cc(Br)c(OCC(=O)Nc3cccc(C)c3)c(OC)c2)cc1. The highest BCUT2D eigenvalue weighted by atomic mass is 79.9. The molecule has 3 aromatic carbocycles. The van der Waals surface area contributed by atoms with E-state index in [1.54, 1.807) is 42.5 Å². The maximum atomic E-state index is 12.3. The summed E-state index contributed by atoms with van der Waals surface area (Å²) in [5, 5.41) is 9.05. The van der Waals surface area contributed by atoms with Crippen LogP contribution < -0.4 is 30.3 Å². The van der Waals surface area contributed by atoms with Crippen LogP contribution in [0.4, 0.5) is 11.4 Å². The number of nitrogens with one attached hydrogen (secondary N) is 3. The first kappa shape index (κ1) is 27.2. The molecule has 0 bridgehead atoms. The second-order valence-corrected chi connectivity index (χ2v) is 8.48. The summed E-state index contributed by atoms with van der Waals surface area (Å²) in [6.07, 6.45) is 1.33. The predicted molar refractivity (Wildman–Crippen MR) is 143 cm³/mol. The molecular formula is C26H25BrN4O6. The fraction of sp³-hybridized carbons (Fsp3) is 0.154. The average Bonchev–Trinajstić information content (AvgIpc) is 2.88. The van der Waals surface area contributed by atoms with Crippen LogP contribution in [-0.2, 0) is 14.4 Å². The van der Waals surface area contributed by atoms with Gasteiger partial charge < -0.3 is 24.8 Å². The molecule has 0 fully saturated rings. The molecule has 0 spiro atoms. The van der Waals surface area contributed by atoms with E-state index in [4.69, 9.17) is 14.2 Å². The van der Waals surface area contributed by atoms with E-state index in [1.807, 2.05) is 25.1 Å². The van der Waals surface area contributed by atoms with Gasteiger partial charge in [0.25, 0.3) is 5.91 Å². The van der Waals surface area contributed by atoms with Crippen molar-refractivity contribution in [3.63, 3.8) is 0 Å². The Kier molecular flexibility index (Phi) is 9.61. The number of ether oxygens (including phenoxy) is 3. The Morgan fingerprint density at radius 1 is 0.919 bits per heavy atom. The molecule has 0 aromatic heterocycles. The first-order valence-corrected chi connectivity index (χ1v) is 11.7. The van der Waals surface area contributed by atoms with Crippen molar-refractivity contribution < 1.29 is 28.6 Å². The zero-order valence-corrected chi connectivity index (χ0v) is 21.9. The van der Waals surface area contributed by atoms with Crippen molar-refractivity contribution in [1.82, 2.24) is 5.43 Å². The lowest BCUT2D eigenvalue weighted by atomic mass is 10.2. The van der Waals surface area contributed by atoms with E-state index in [-0.39, 0.29) is 12.5 Å². The molecular weight excluding hydrogens is 544 g/mol. The fourth-order valence-corrected chi connectivity index (χ4v) is 3.66. The highest BCUT2D eigenvalue weighted by molar-refractivity contribution is 9.10. The molecule has 0 atom stereocenters. The summed E-state index contributed by atoms with van der Waals surface area (Å²) in [6, 6.07) is 17.2. The summed E-state index contributed by atoms with van der Waals surface area (Å²) < 4.78 is 16.6. The summed E-state index contributed by atoms with van der Waals surface area (Å²) in [5.41, 5.74) is 4.83. The van der Waals surface area contributed by atoms with Crippen LogP contribution in [0.15, 0.2) is 70.2 Å². The molecule has 0 saturated heterocycles. The van der Waals surface area contributed by atoms with Crippen molar-refractivity contribution in [2.75, 3.05) is 31.5 Å². The smallest absolute Gasteiger partial charge is 0.329 e. The average molecular weight is 569 g/mol. The van der Waals surface area contributed by atoms with Crippen LogP contribution in [-0.4, -0.2) is 44.8 Å². The van der Waals surface area contributed by atoms with Crippen LogP contribution in [0, 0.1) is 6.92 Å². The number of benzene rings is 3. The third-order valence-corrected chi connectivity index (χ3v) is 5.42. The lowest BCUT2D eigenvalue weighted by Gasteiger charge is -2.13. The lowest BCUT2D eigenvalue weighted by molar-refractivity contribution is -0.136. The molecule has 0 heterocycles. The van der Waals surface area contributed by atoms with Crippen LogP contribution in [0.25, 0.3) is 0 Å². The summed E-state index contributed by atoms with van der Waals surface area (Å²) in [4.78, 5) is 36.4. The number of amides is 3. The van der Waals surface area contributed by atoms with E-state index in [9.17, 15) is 14.4 Å². The normalized spacial score (nSPS) is 10.5.